The molecule has 20 heavy (non-hydrogen) atoms. The Hall–Kier alpha value is -0.530. The third-order valence-corrected chi connectivity index (χ3v) is 5.02. The summed E-state index contributed by atoms with van der Waals surface area (Å²) in [7, 11) is 0. The van der Waals surface area contributed by atoms with Crippen LogP contribution in [0.1, 0.15) is 65.0 Å². The highest BCUT2D eigenvalue weighted by Crippen LogP contribution is 2.38. The molecular weight excluding hydrogens is 266 g/mol. The molecule has 1 atom stereocenters. The predicted molar refractivity (Wildman–Crippen MR) is 88.2 cm³/mol. The molecule has 1 fully saturated rings. The molecule has 112 valence electrons. The third-order valence-electron chi connectivity index (χ3n) is 4.79. The van der Waals surface area contributed by atoms with E-state index in [4.69, 9.17) is 11.6 Å². The summed E-state index contributed by atoms with van der Waals surface area (Å²) >= 11 is 6.07. The lowest BCUT2D eigenvalue weighted by Crippen LogP contribution is -2.37. The molecule has 1 N–H and O–H groups in total. The SMILES string of the molecule is C[C@@H](NC1CCC(C(C)(C)C)CC1)c1cccc(Cl)c1. The number of rotatable bonds is 3. The average molecular weight is 294 g/mol. The van der Waals surface area contributed by atoms with E-state index in [-0.39, 0.29) is 0 Å². The van der Waals surface area contributed by atoms with Gasteiger partial charge in [0.15, 0.2) is 0 Å². The first kappa shape index (κ1) is 15.9. The fourth-order valence-corrected chi connectivity index (χ4v) is 3.55. The lowest BCUT2D eigenvalue weighted by Gasteiger charge is -2.38. The van der Waals surface area contributed by atoms with Crippen molar-refractivity contribution in [3.8, 4) is 0 Å². The Kier molecular flexibility index (Phi) is 5.14. The first-order valence-corrected chi connectivity index (χ1v) is 8.25. The molecule has 0 aliphatic heterocycles. The largest absolute Gasteiger partial charge is 0.307 e. The summed E-state index contributed by atoms with van der Waals surface area (Å²) in [6.07, 6.45) is 5.30. The van der Waals surface area contributed by atoms with Crippen LogP contribution in [0.2, 0.25) is 5.02 Å². The van der Waals surface area contributed by atoms with Crippen molar-refractivity contribution in [1.29, 1.82) is 0 Å². The van der Waals surface area contributed by atoms with E-state index in [1.165, 1.54) is 31.2 Å². The van der Waals surface area contributed by atoms with Crippen LogP contribution in [0, 0.1) is 11.3 Å². The Bertz CT molecular complexity index is 427. The molecule has 0 radical (unpaired) electrons. The van der Waals surface area contributed by atoms with Crippen molar-refractivity contribution in [2.24, 2.45) is 11.3 Å². The first-order chi connectivity index (χ1) is 9.36. The molecule has 0 amide bonds. The molecule has 0 heterocycles. The molecule has 0 saturated heterocycles. The fourth-order valence-electron chi connectivity index (χ4n) is 3.35. The Balaban J connectivity index is 1.86. The maximum atomic E-state index is 6.07. The van der Waals surface area contributed by atoms with E-state index in [9.17, 15) is 0 Å². The maximum Gasteiger partial charge on any atom is 0.0409 e. The van der Waals surface area contributed by atoms with E-state index in [1.54, 1.807) is 0 Å². The number of hydrogen-bond acceptors (Lipinski definition) is 1. The summed E-state index contributed by atoms with van der Waals surface area (Å²) in [6, 6.07) is 9.23. The summed E-state index contributed by atoms with van der Waals surface area (Å²) in [5.41, 5.74) is 1.75. The lowest BCUT2D eigenvalue weighted by molar-refractivity contribution is 0.157. The number of benzene rings is 1. The van der Waals surface area contributed by atoms with Gasteiger partial charge in [-0.2, -0.15) is 0 Å². The van der Waals surface area contributed by atoms with Crippen LogP contribution in [0.5, 0.6) is 0 Å². The van der Waals surface area contributed by atoms with Crippen LogP contribution in [0.4, 0.5) is 0 Å². The van der Waals surface area contributed by atoms with Crippen LogP contribution < -0.4 is 5.32 Å². The molecule has 0 aromatic heterocycles. The van der Waals surface area contributed by atoms with Gasteiger partial charge >= 0.3 is 0 Å². The molecule has 0 unspecified atom stereocenters. The van der Waals surface area contributed by atoms with E-state index in [0.717, 1.165) is 10.9 Å². The molecule has 1 aliphatic carbocycles. The summed E-state index contributed by atoms with van der Waals surface area (Å²) in [4.78, 5) is 0. The van der Waals surface area contributed by atoms with E-state index < -0.39 is 0 Å². The van der Waals surface area contributed by atoms with E-state index >= 15 is 0 Å². The third kappa shape index (κ3) is 4.23. The zero-order valence-electron chi connectivity index (χ0n) is 13.2. The molecular formula is C18H28ClN. The highest BCUT2D eigenvalue weighted by atomic mass is 35.5. The smallest absolute Gasteiger partial charge is 0.0409 e. The van der Waals surface area contributed by atoms with Gasteiger partial charge in [0.1, 0.15) is 0 Å². The Morgan fingerprint density at radius 3 is 2.35 bits per heavy atom. The number of nitrogens with one attached hydrogen (secondary N) is 1. The van der Waals surface area contributed by atoms with Gasteiger partial charge in [-0.3, -0.25) is 0 Å². The fraction of sp³-hybridized carbons (Fsp3) is 0.667. The van der Waals surface area contributed by atoms with Gasteiger partial charge in [-0.1, -0.05) is 44.5 Å². The predicted octanol–water partition coefficient (Wildman–Crippen LogP) is 5.60. The van der Waals surface area contributed by atoms with Crippen LogP contribution >= 0.6 is 11.6 Å². The topological polar surface area (TPSA) is 12.0 Å². The molecule has 1 aromatic rings. The minimum Gasteiger partial charge on any atom is -0.307 e. The Morgan fingerprint density at radius 2 is 1.80 bits per heavy atom. The monoisotopic (exact) mass is 293 g/mol. The first-order valence-electron chi connectivity index (χ1n) is 7.88. The summed E-state index contributed by atoms with van der Waals surface area (Å²) in [5, 5.41) is 4.60. The lowest BCUT2D eigenvalue weighted by atomic mass is 9.71. The molecule has 1 nitrogen and oxygen atoms in total. The van der Waals surface area contributed by atoms with Gasteiger partial charge in [-0.15, -0.1) is 0 Å². The van der Waals surface area contributed by atoms with Crippen LogP contribution in [-0.2, 0) is 0 Å². The zero-order chi connectivity index (χ0) is 14.8. The quantitative estimate of drug-likeness (QED) is 0.765. The molecule has 1 aromatic carbocycles. The Labute approximate surface area is 129 Å². The van der Waals surface area contributed by atoms with Gasteiger partial charge in [0.2, 0.25) is 0 Å². The summed E-state index contributed by atoms with van der Waals surface area (Å²) in [6.45, 7) is 9.36. The van der Waals surface area contributed by atoms with Gasteiger partial charge in [0.05, 0.1) is 0 Å². The molecule has 0 bridgehead atoms. The van der Waals surface area contributed by atoms with E-state index in [2.05, 4.69) is 45.1 Å². The van der Waals surface area contributed by atoms with Crippen molar-refractivity contribution >= 4 is 11.6 Å². The summed E-state index contributed by atoms with van der Waals surface area (Å²) in [5.74, 6) is 0.877. The minimum absolute atomic E-state index is 0.380. The van der Waals surface area contributed by atoms with Crippen molar-refractivity contribution < 1.29 is 0 Å². The second-order valence-electron chi connectivity index (χ2n) is 7.36. The normalized spacial score (nSPS) is 25.4. The van der Waals surface area contributed by atoms with Gasteiger partial charge in [-0.25, -0.2) is 0 Å². The summed E-state index contributed by atoms with van der Waals surface area (Å²) < 4.78 is 0. The zero-order valence-corrected chi connectivity index (χ0v) is 14.0. The van der Waals surface area contributed by atoms with Crippen LogP contribution in [-0.4, -0.2) is 6.04 Å². The molecule has 0 spiro atoms. The highest BCUT2D eigenvalue weighted by Gasteiger charge is 2.30. The second-order valence-corrected chi connectivity index (χ2v) is 7.79. The molecule has 2 heteroatoms. The van der Waals surface area contributed by atoms with Crippen molar-refractivity contribution in [3.63, 3.8) is 0 Å². The molecule has 1 aliphatic rings. The minimum atomic E-state index is 0.380. The van der Waals surface area contributed by atoms with E-state index in [1.807, 2.05) is 12.1 Å². The molecule has 2 rings (SSSR count). The van der Waals surface area contributed by atoms with Gasteiger partial charge in [0, 0.05) is 17.1 Å². The van der Waals surface area contributed by atoms with E-state index in [0.29, 0.717) is 17.5 Å². The standard InChI is InChI=1S/C18H28ClN/c1-13(14-6-5-7-16(19)12-14)20-17-10-8-15(9-11-17)18(2,3)4/h5-7,12-13,15,17,20H,8-11H2,1-4H3/t13-,15?,17?/m1/s1. The highest BCUT2D eigenvalue weighted by molar-refractivity contribution is 6.30. The van der Waals surface area contributed by atoms with Gasteiger partial charge in [-0.05, 0) is 61.6 Å². The van der Waals surface area contributed by atoms with Crippen LogP contribution in [0.25, 0.3) is 0 Å². The number of hydrogen-bond donors (Lipinski definition) is 1. The van der Waals surface area contributed by atoms with Crippen molar-refractivity contribution in [2.75, 3.05) is 0 Å². The average Bonchev–Trinajstić information content (AvgIpc) is 2.38. The second kappa shape index (κ2) is 6.49. The van der Waals surface area contributed by atoms with Crippen LogP contribution in [0.15, 0.2) is 24.3 Å². The Morgan fingerprint density at radius 1 is 1.15 bits per heavy atom. The van der Waals surface area contributed by atoms with Gasteiger partial charge < -0.3 is 5.32 Å². The van der Waals surface area contributed by atoms with Crippen molar-refractivity contribution in [1.82, 2.24) is 5.32 Å². The van der Waals surface area contributed by atoms with Crippen LogP contribution in [0.3, 0.4) is 0 Å². The maximum absolute atomic E-state index is 6.07. The van der Waals surface area contributed by atoms with Crippen molar-refractivity contribution in [3.05, 3.63) is 34.9 Å². The van der Waals surface area contributed by atoms with Gasteiger partial charge in [0.25, 0.3) is 0 Å². The van der Waals surface area contributed by atoms with Crippen molar-refractivity contribution in [2.45, 2.75) is 65.5 Å². The molecule has 1 saturated carbocycles. The number of halogens is 1.